The molecule has 0 aliphatic carbocycles. The maximum absolute atomic E-state index is 12.7. The molecule has 0 heterocycles. The molecule has 338 valence electrons. The normalized spacial score (nSPS) is 14.9. The molecular weight excluding hydrogens is 766 g/mol. The fraction of sp³-hybridized carbons (Fsp3) is 0.667. The van der Waals surface area contributed by atoms with Crippen molar-refractivity contribution < 1.29 is 47.2 Å². The van der Waals surface area contributed by atoms with Crippen LogP contribution in [-0.4, -0.2) is 81.2 Å². The summed E-state index contributed by atoms with van der Waals surface area (Å²) >= 11 is 0. The van der Waals surface area contributed by atoms with Crippen molar-refractivity contribution in [2.24, 2.45) is 0 Å². The van der Waals surface area contributed by atoms with Crippen molar-refractivity contribution in [2.75, 3.05) is 47.5 Å². The van der Waals surface area contributed by atoms with E-state index in [1.165, 1.54) is 44.9 Å². The van der Waals surface area contributed by atoms with Gasteiger partial charge >= 0.3 is 11.9 Å². The standard InChI is InChI=1S/C48H82NO9P/c1-6-8-10-11-12-13-14-15-16-17-18-19-23-26-29-32-35-39-47(51)55-43-46(44-57-59(53,54)56-42-41-49(3,4)5)58-48(52)40-36-33-30-27-24-21-20-22-25-28-31-34-38-45(50)37-9-7-2/h9,12-13,15-16,20-21,25,27-28,30-31,34,37,45-46,50H,6-8,10-11,14,17-19,22-24,26,29,32-33,35-36,38-44H2,1-5H3/b13-12-,16-15-,21-20-,28-25-,30-27-,34-31+,37-9-/t45?,46-/m1/s1. The molecule has 0 spiro atoms. The average molecular weight is 848 g/mol. The Kier molecular flexibility index (Phi) is 37.4. The minimum atomic E-state index is -4.66. The largest absolute Gasteiger partial charge is 0.756 e. The van der Waals surface area contributed by atoms with Crippen LogP contribution in [0.4, 0.5) is 0 Å². The van der Waals surface area contributed by atoms with E-state index in [0.29, 0.717) is 36.7 Å². The number of esters is 2. The van der Waals surface area contributed by atoms with E-state index in [9.17, 15) is 24.2 Å². The third-order valence-corrected chi connectivity index (χ3v) is 9.94. The molecule has 10 nitrogen and oxygen atoms in total. The predicted octanol–water partition coefficient (Wildman–Crippen LogP) is 11.1. The second-order valence-corrected chi connectivity index (χ2v) is 17.3. The molecule has 11 heteroatoms. The van der Waals surface area contributed by atoms with Crippen molar-refractivity contribution in [2.45, 2.75) is 161 Å². The monoisotopic (exact) mass is 848 g/mol. The van der Waals surface area contributed by atoms with E-state index in [2.05, 4.69) is 43.4 Å². The summed E-state index contributed by atoms with van der Waals surface area (Å²) in [4.78, 5) is 37.5. The molecule has 0 amide bonds. The van der Waals surface area contributed by atoms with Gasteiger partial charge in [0.05, 0.1) is 33.9 Å². The number of aliphatic hydroxyl groups is 1. The van der Waals surface area contributed by atoms with Crippen LogP contribution < -0.4 is 4.89 Å². The van der Waals surface area contributed by atoms with Crippen molar-refractivity contribution in [3.05, 3.63) is 85.1 Å². The summed E-state index contributed by atoms with van der Waals surface area (Å²) in [6.07, 6.45) is 46.7. The number of hydrogen-bond acceptors (Lipinski definition) is 9. The lowest BCUT2D eigenvalue weighted by atomic mass is 10.1. The lowest BCUT2D eigenvalue weighted by Crippen LogP contribution is -2.37. The van der Waals surface area contributed by atoms with Crippen LogP contribution in [0.25, 0.3) is 0 Å². The zero-order valence-corrected chi connectivity index (χ0v) is 38.4. The Morgan fingerprint density at radius 2 is 1.19 bits per heavy atom. The third kappa shape index (κ3) is 43.1. The molecule has 3 atom stereocenters. The highest BCUT2D eigenvalue weighted by Crippen LogP contribution is 2.38. The summed E-state index contributed by atoms with van der Waals surface area (Å²) in [6.45, 7) is 3.85. The number of ether oxygens (including phenoxy) is 2. The number of phosphoric ester groups is 1. The number of aliphatic hydroxyl groups excluding tert-OH is 1. The summed E-state index contributed by atoms with van der Waals surface area (Å²) < 4.78 is 33.8. The molecule has 0 bridgehead atoms. The number of carbonyl (C=O) groups is 2. The van der Waals surface area contributed by atoms with Gasteiger partial charge in [0, 0.05) is 12.8 Å². The van der Waals surface area contributed by atoms with E-state index in [4.69, 9.17) is 18.5 Å². The summed E-state index contributed by atoms with van der Waals surface area (Å²) in [5.41, 5.74) is 0. The zero-order chi connectivity index (χ0) is 43.7. The van der Waals surface area contributed by atoms with E-state index in [1.54, 1.807) is 0 Å². The molecular formula is C48H82NO9P. The van der Waals surface area contributed by atoms with Crippen molar-refractivity contribution in [1.29, 1.82) is 0 Å². The fourth-order valence-corrected chi connectivity index (χ4v) is 6.17. The molecule has 0 aliphatic heterocycles. The minimum Gasteiger partial charge on any atom is -0.756 e. The molecule has 0 aliphatic rings. The molecule has 0 radical (unpaired) electrons. The summed E-state index contributed by atoms with van der Waals surface area (Å²) in [7, 11) is 1.08. The van der Waals surface area contributed by atoms with Crippen LogP contribution in [0.1, 0.15) is 149 Å². The smallest absolute Gasteiger partial charge is 0.306 e. The SMILES string of the molecule is CC/C=C\C(O)C/C=C/C=C\C/C=C\C/C=C\CCCC(=O)O[C@H](COC(=O)CCCCCCCCC/C=C\C/C=C\CCCCC)COP(=O)([O-])OCC[N+](C)(C)C. The molecule has 0 saturated carbocycles. The van der Waals surface area contributed by atoms with Gasteiger partial charge in [0.15, 0.2) is 6.10 Å². The maximum atomic E-state index is 12.7. The first-order valence-corrected chi connectivity index (χ1v) is 23.9. The lowest BCUT2D eigenvalue weighted by molar-refractivity contribution is -0.870. The van der Waals surface area contributed by atoms with Crippen molar-refractivity contribution in [3.8, 4) is 0 Å². The first-order chi connectivity index (χ1) is 28.4. The number of nitrogens with zero attached hydrogens (tertiary/aromatic N) is 1. The van der Waals surface area contributed by atoms with E-state index in [0.717, 1.165) is 51.4 Å². The number of unbranched alkanes of at least 4 members (excludes halogenated alkanes) is 11. The number of likely N-dealkylation sites (N-methyl/N-ethyl adjacent to an activating group) is 1. The minimum absolute atomic E-state index is 0.0551. The second kappa shape index (κ2) is 39.3. The Morgan fingerprint density at radius 1 is 0.644 bits per heavy atom. The molecule has 0 aromatic carbocycles. The zero-order valence-electron chi connectivity index (χ0n) is 37.5. The van der Waals surface area contributed by atoms with Crippen LogP contribution in [0.5, 0.6) is 0 Å². The Labute approximate surface area is 359 Å². The van der Waals surface area contributed by atoms with Gasteiger partial charge in [0.2, 0.25) is 0 Å². The second-order valence-electron chi connectivity index (χ2n) is 15.9. The maximum Gasteiger partial charge on any atom is 0.306 e. The van der Waals surface area contributed by atoms with Crippen molar-refractivity contribution >= 4 is 19.8 Å². The number of carbonyl (C=O) groups excluding carboxylic acids is 2. The topological polar surface area (TPSA) is 131 Å². The average Bonchev–Trinajstić information content (AvgIpc) is 3.18. The van der Waals surface area contributed by atoms with Crippen LogP contribution in [-0.2, 0) is 32.7 Å². The number of phosphoric acid groups is 1. The third-order valence-electron chi connectivity index (χ3n) is 8.97. The highest BCUT2D eigenvalue weighted by atomic mass is 31.2. The molecule has 59 heavy (non-hydrogen) atoms. The first kappa shape index (κ1) is 56.1. The first-order valence-electron chi connectivity index (χ1n) is 22.4. The number of rotatable bonds is 39. The van der Waals surface area contributed by atoms with Gasteiger partial charge in [-0.2, -0.15) is 0 Å². The number of allylic oxidation sites excluding steroid dienone is 12. The highest BCUT2D eigenvalue weighted by Gasteiger charge is 2.21. The summed E-state index contributed by atoms with van der Waals surface area (Å²) in [6, 6.07) is 0. The quantitative estimate of drug-likeness (QED) is 0.0160. The van der Waals surface area contributed by atoms with Crippen LogP contribution in [0, 0.1) is 0 Å². The van der Waals surface area contributed by atoms with Gasteiger partial charge in [0.1, 0.15) is 19.8 Å². The molecule has 0 saturated heterocycles. The molecule has 2 unspecified atom stereocenters. The van der Waals surface area contributed by atoms with E-state index >= 15 is 0 Å². The highest BCUT2D eigenvalue weighted by molar-refractivity contribution is 7.45. The van der Waals surface area contributed by atoms with Crippen LogP contribution in [0.2, 0.25) is 0 Å². The number of quaternary nitrogens is 1. The van der Waals surface area contributed by atoms with Gasteiger partial charge in [-0.25, -0.2) is 0 Å². The van der Waals surface area contributed by atoms with Gasteiger partial charge in [-0.3, -0.25) is 14.2 Å². The van der Waals surface area contributed by atoms with Crippen LogP contribution in [0.15, 0.2) is 85.1 Å². The van der Waals surface area contributed by atoms with Crippen molar-refractivity contribution in [3.63, 3.8) is 0 Å². The summed E-state index contributed by atoms with van der Waals surface area (Å²) in [5.74, 6) is -0.944. The molecule has 1 N–H and O–H groups in total. The molecule has 0 aromatic rings. The van der Waals surface area contributed by atoms with E-state index in [1.807, 2.05) is 76.7 Å². The Balaban J connectivity index is 4.51. The van der Waals surface area contributed by atoms with E-state index in [-0.39, 0.29) is 26.1 Å². The number of hydrogen-bond donors (Lipinski definition) is 1. The Bertz CT molecular complexity index is 1300. The van der Waals surface area contributed by atoms with Crippen LogP contribution in [0.3, 0.4) is 0 Å². The molecule has 0 aromatic heterocycles. The van der Waals surface area contributed by atoms with Gasteiger partial charge in [-0.1, -0.05) is 144 Å². The molecule has 0 rings (SSSR count). The summed E-state index contributed by atoms with van der Waals surface area (Å²) in [5, 5.41) is 9.78. The van der Waals surface area contributed by atoms with Gasteiger partial charge < -0.3 is 33.0 Å². The van der Waals surface area contributed by atoms with Gasteiger partial charge in [-0.15, -0.1) is 0 Å². The van der Waals surface area contributed by atoms with E-state index < -0.39 is 38.6 Å². The Hall–Kier alpha value is -2.85. The predicted molar refractivity (Wildman–Crippen MR) is 242 cm³/mol. The van der Waals surface area contributed by atoms with Crippen molar-refractivity contribution in [1.82, 2.24) is 0 Å². The van der Waals surface area contributed by atoms with Gasteiger partial charge in [-0.05, 0) is 77.0 Å². The van der Waals surface area contributed by atoms with Gasteiger partial charge in [0.25, 0.3) is 7.82 Å². The molecule has 0 fully saturated rings. The Morgan fingerprint density at radius 3 is 1.81 bits per heavy atom. The lowest BCUT2D eigenvalue weighted by Gasteiger charge is -2.28. The fourth-order valence-electron chi connectivity index (χ4n) is 5.44. The van der Waals surface area contributed by atoms with Crippen LogP contribution >= 0.6 is 7.82 Å².